The van der Waals surface area contributed by atoms with Gasteiger partial charge in [0.05, 0.1) is 12.1 Å². The Morgan fingerprint density at radius 3 is 2.37 bits per heavy atom. The van der Waals surface area contributed by atoms with Gasteiger partial charge < -0.3 is 16.0 Å². The number of nitrogens with one attached hydrogen (secondary N) is 3. The van der Waals surface area contributed by atoms with Gasteiger partial charge in [0, 0.05) is 5.54 Å². The van der Waals surface area contributed by atoms with Crippen LogP contribution in [0.2, 0.25) is 0 Å². The molecule has 5 nitrogen and oxygen atoms in total. The van der Waals surface area contributed by atoms with Gasteiger partial charge in [-0.2, -0.15) is 0 Å². The molecular formula is C13H26ClN3O2. The zero-order valence-electron chi connectivity index (χ0n) is 12.3. The maximum absolute atomic E-state index is 12.1. The van der Waals surface area contributed by atoms with Crippen LogP contribution in [-0.4, -0.2) is 36.0 Å². The van der Waals surface area contributed by atoms with Crippen LogP contribution < -0.4 is 16.0 Å². The molecule has 1 unspecified atom stereocenters. The zero-order chi connectivity index (χ0) is 13.8. The summed E-state index contributed by atoms with van der Waals surface area (Å²) in [5.41, 5.74) is -0.738. The van der Waals surface area contributed by atoms with Crippen LogP contribution in [0, 0.1) is 0 Å². The monoisotopic (exact) mass is 291 g/mol. The lowest BCUT2D eigenvalue weighted by atomic mass is 9.93. The molecule has 0 aromatic heterocycles. The van der Waals surface area contributed by atoms with Crippen molar-refractivity contribution in [2.75, 3.05) is 13.1 Å². The third kappa shape index (κ3) is 5.37. The summed E-state index contributed by atoms with van der Waals surface area (Å²) >= 11 is 0. The summed E-state index contributed by atoms with van der Waals surface area (Å²) in [5.74, 6) is -0.216. The molecular weight excluding hydrogens is 266 g/mol. The summed E-state index contributed by atoms with van der Waals surface area (Å²) in [7, 11) is 0. The Morgan fingerprint density at radius 2 is 1.95 bits per heavy atom. The fourth-order valence-corrected chi connectivity index (χ4v) is 2.25. The van der Waals surface area contributed by atoms with E-state index in [1.807, 2.05) is 27.7 Å². The SMILES string of the molecule is CCC1(C(=O)NCC(=O)NC(C)(C)C)CCCN1.Cl. The second-order valence-electron chi connectivity index (χ2n) is 5.95. The van der Waals surface area contributed by atoms with Crippen LogP contribution in [0.3, 0.4) is 0 Å². The van der Waals surface area contributed by atoms with E-state index in [1.54, 1.807) is 0 Å². The molecule has 1 aliphatic heterocycles. The van der Waals surface area contributed by atoms with Crippen molar-refractivity contribution in [2.24, 2.45) is 0 Å². The highest BCUT2D eigenvalue weighted by Gasteiger charge is 2.39. The van der Waals surface area contributed by atoms with Crippen molar-refractivity contribution in [3.05, 3.63) is 0 Å². The van der Waals surface area contributed by atoms with Gasteiger partial charge in [0.1, 0.15) is 0 Å². The van der Waals surface area contributed by atoms with Gasteiger partial charge in [-0.3, -0.25) is 9.59 Å². The lowest BCUT2D eigenvalue weighted by Gasteiger charge is -2.27. The van der Waals surface area contributed by atoms with Gasteiger partial charge in [0.25, 0.3) is 0 Å². The summed E-state index contributed by atoms with van der Waals surface area (Å²) in [6.07, 6.45) is 2.60. The number of carbonyl (C=O) groups excluding carboxylic acids is 2. The number of carbonyl (C=O) groups is 2. The van der Waals surface area contributed by atoms with Gasteiger partial charge in [-0.25, -0.2) is 0 Å². The van der Waals surface area contributed by atoms with Crippen molar-refractivity contribution in [1.29, 1.82) is 0 Å². The number of hydrogen-bond donors (Lipinski definition) is 3. The fourth-order valence-electron chi connectivity index (χ4n) is 2.25. The predicted octanol–water partition coefficient (Wildman–Crippen LogP) is 0.971. The van der Waals surface area contributed by atoms with E-state index in [1.165, 1.54) is 0 Å². The van der Waals surface area contributed by atoms with Gasteiger partial charge in [0.2, 0.25) is 11.8 Å². The first kappa shape index (κ1) is 18.2. The van der Waals surface area contributed by atoms with Crippen LogP contribution >= 0.6 is 12.4 Å². The Labute approximate surface area is 121 Å². The van der Waals surface area contributed by atoms with Crippen LogP contribution in [0.5, 0.6) is 0 Å². The Balaban J connectivity index is 0.00000324. The summed E-state index contributed by atoms with van der Waals surface area (Å²) in [6.45, 7) is 8.65. The van der Waals surface area contributed by atoms with Crippen LogP contribution in [0.25, 0.3) is 0 Å². The van der Waals surface area contributed by atoms with Gasteiger partial charge in [0.15, 0.2) is 0 Å². The predicted molar refractivity (Wildman–Crippen MR) is 78.4 cm³/mol. The minimum absolute atomic E-state index is 0. The normalized spacial score (nSPS) is 22.5. The minimum atomic E-state index is -0.470. The standard InChI is InChI=1S/C13H25N3O2.ClH/c1-5-13(7-6-8-15-13)11(18)14-9-10(17)16-12(2,3)4;/h15H,5-9H2,1-4H3,(H,14,18)(H,16,17);1H. The molecule has 2 amide bonds. The maximum Gasteiger partial charge on any atom is 0.240 e. The lowest BCUT2D eigenvalue weighted by molar-refractivity contribution is -0.130. The van der Waals surface area contributed by atoms with E-state index in [0.717, 1.165) is 25.8 Å². The van der Waals surface area contributed by atoms with Crippen molar-refractivity contribution in [2.45, 2.75) is 58.0 Å². The molecule has 1 aliphatic rings. The Kier molecular flexibility index (Phi) is 6.80. The zero-order valence-corrected chi connectivity index (χ0v) is 13.1. The molecule has 1 atom stereocenters. The first-order chi connectivity index (χ1) is 8.29. The molecule has 1 fully saturated rings. The van der Waals surface area contributed by atoms with Crippen LogP contribution in [-0.2, 0) is 9.59 Å². The Bertz CT molecular complexity index is 320. The quantitative estimate of drug-likeness (QED) is 0.723. The summed E-state index contributed by atoms with van der Waals surface area (Å²) in [5, 5.41) is 8.79. The molecule has 1 rings (SSSR count). The van der Waals surface area contributed by atoms with Crippen LogP contribution in [0.4, 0.5) is 0 Å². The van der Waals surface area contributed by atoms with Gasteiger partial charge in [-0.15, -0.1) is 12.4 Å². The van der Waals surface area contributed by atoms with Crippen molar-refractivity contribution in [3.63, 3.8) is 0 Å². The first-order valence-corrected chi connectivity index (χ1v) is 6.63. The summed E-state index contributed by atoms with van der Waals surface area (Å²) in [4.78, 5) is 23.7. The number of amides is 2. The summed E-state index contributed by atoms with van der Waals surface area (Å²) < 4.78 is 0. The van der Waals surface area contributed by atoms with Crippen molar-refractivity contribution >= 4 is 24.2 Å². The van der Waals surface area contributed by atoms with E-state index >= 15 is 0 Å². The second-order valence-corrected chi connectivity index (χ2v) is 5.95. The maximum atomic E-state index is 12.1. The van der Waals surface area contributed by atoms with Crippen molar-refractivity contribution in [1.82, 2.24) is 16.0 Å². The molecule has 112 valence electrons. The van der Waals surface area contributed by atoms with E-state index in [2.05, 4.69) is 16.0 Å². The highest BCUT2D eigenvalue weighted by molar-refractivity contribution is 5.90. The third-order valence-electron chi connectivity index (χ3n) is 3.21. The molecule has 0 aromatic rings. The topological polar surface area (TPSA) is 70.2 Å². The average Bonchev–Trinajstić information content (AvgIpc) is 2.73. The highest BCUT2D eigenvalue weighted by Crippen LogP contribution is 2.22. The molecule has 3 N–H and O–H groups in total. The van der Waals surface area contributed by atoms with E-state index in [0.29, 0.717) is 0 Å². The van der Waals surface area contributed by atoms with E-state index in [4.69, 9.17) is 0 Å². The molecule has 1 heterocycles. The fraction of sp³-hybridized carbons (Fsp3) is 0.846. The number of rotatable bonds is 4. The van der Waals surface area contributed by atoms with Crippen LogP contribution in [0.1, 0.15) is 47.0 Å². The average molecular weight is 292 g/mol. The van der Waals surface area contributed by atoms with E-state index in [9.17, 15) is 9.59 Å². The molecule has 0 spiro atoms. The molecule has 0 saturated carbocycles. The van der Waals surface area contributed by atoms with Gasteiger partial charge in [-0.1, -0.05) is 6.92 Å². The molecule has 0 aromatic carbocycles. The van der Waals surface area contributed by atoms with Gasteiger partial charge >= 0.3 is 0 Å². The molecule has 0 aliphatic carbocycles. The van der Waals surface area contributed by atoms with Crippen LogP contribution in [0.15, 0.2) is 0 Å². The highest BCUT2D eigenvalue weighted by atomic mass is 35.5. The molecule has 19 heavy (non-hydrogen) atoms. The van der Waals surface area contributed by atoms with Crippen molar-refractivity contribution in [3.8, 4) is 0 Å². The molecule has 0 radical (unpaired) electrons. The lowest BCUT2D eigenvalue weighted by Crippen LogP contribution is -2.55. The molecule has 0 bridgehead atoms. The molecule has 6 heteroatoms. The number of halogens is 1. The summed E-state index contributed by atoms with van der Waals surface area (Å²) in [6, 6.07) is 0. The largest absolute Gasteiger partial charge is 0.350 e. The Morgan fingerprint density at radius 1 is 1.32 bits per heavy atom. The van der Waals surface area contributed by atoms with Gasteiger partial charge in [-0.05, 0) is 46.6 Å². The Hall–Kier alpha value is -0.810. The van der Waals surface area contributed by atoms with E-state index < -0.39 is 5.54 Å². The van der Waals surface area contributed by atoms with Crippen molar-refractivity contribution < 1.29 is 9.59 Å². The third-order valence-corrected chi connectivity index (χ3v) is 3.21. The minimum Gasteiger partial charge on any atom is -0.350 e. The molecule has 1 saturated heterocycles. The second kappa shape index (κ2) is 7.10. The smallest absolute Gasteiger partial charge is 0.240 e. The number of hydrogen-bond acceptors (Lipinski definition) is 3. The first-order valence-electron chi connectivity index (χ1n) is 6.63. The van der Waals surface area contributed by atoms with E-state index in [-0.39, 0.29) is 36.3 Å².